The van der Waals surface area contributed by atoms with Crippen molar-refractivity contribution in [1.82, 2.24) is 14.7 Å². The van der Waals surface area contributed by atoms with Crippen LogP contribution in [0.4, 0.5) is 0 Å². The molecule has 8 heteroatoms. The number of aromatic hydroxyl groups is 1. The Morgan fingerprint density at radius 1 is 1.12 bits per heavy atom. The monoisotopic (exact) mass is 460 g/mol. The summed E-state index contributed by atoms with van der Waals surface area (Å²) in [6.45, 7) is 4.54. The van der Waals surface area contributed by atoms with Crippen molar-refractivity contribution in [3.05, 3.63) is 65.9 Å². The second-order valence-corrected chi connectivity index (χ2v) is 8.83. The first-order chi connectivity index (χ1) is 16.5. The van der Waals surface area contributed by atoms with Crippen molar-refractivity contribution in [2.75, 3.05) is 39.8 Å². The van der Waals surface area contributed by atoms with E-state index in [1.165, 1.54) is 7.11 Å². The molecule has 0 saturated carbocycles. The number of carbonyl (C=O) groups is 2. The molecule has 1 fully saturated rings. The number of benzene rings is 2. The predicted molar refractivity (Wildman–Crippen MR) is 130 cm³/mol. The molecule has 0 bridgehead atoms. The fraction of sp³-hybridized carbons (Fsp3) is 0.346. The average Bonchev–Trinajstić information content (AvgIpc) is 2.86. The topological polar surface area (TPSA) is 85.7 Å². The Morgan fingerprint density at radius 2 is 1.85 bits per heavy atom. The highest BCUT2D eigenvalue weighted by molar-refractivity contribution is 6.04. The van der Waals surface area contributed by atoms with Crippen LogP contribution in [0, 0.1) is 0 Å². The number of phenolic OH excluding ortho intramolecular Hbond substituents is 1. The van der Waals surface area contributed by atoms with Crippen molar-refractivity contribution < 1.29 is 19.4 Å². The number of amides is 1. The van der Waals surface area contributed by atoms with Gasteiger partial charge in [-0.2, -0.15) is 0 Å². The molecule has 0 radical (unpaired) electrons. The van der Waals surface area contributed by atoms with E-state index < -0.39 is 5.97 Å². The molecular weight excluding hydrogens is 432 g/mol. The van der Waals surface area contributed by atoms with E-state index in [2.05, 4.69) is 9.80 Å². The minimum Gasteiger partial charge on any atom is -0.507 e. The molecule has 1 saturated heterocycles. The largest absolute Gasteiger partial charge is 0.507 e. The minimum atomic E-state index is -0.543. The van der Waals surface area contributed by atoms with E-state index in [1.54, 1.807) is 17.2 Å². The normalized spacial score (nSPS) is 21.0. The maximum atomic E-state index is 12.4. The number of phenols is 1. The molecule has 3 aliphatic heterocycles. The van der Waals surface area contributed by atoms with Gasteiger partial charge in [0.2, 0.25) is 5.91 Å². The van der Waals surface area contributed by atoms with Gasteiger partial charge in [-0.25, -0.2) is 4.79 Å². The standard InChI is InChI=1S/C26H28N4O4/c1-34-26(33)21-14-18-6-2-3-7-20(18)22(25(21)32)17-29-12-10-28(11-13-29)16-19-15-24(31)30-9-5-4-8-23(30)27-19/h2-9,14,23,32H,10-13,15-17H2,1H3. The van der Waals surface area contributed by atoms with Crippen LogP contribution in [-0.4, -0.2) is 83.4 Å². The molecule has 2 aromatic carbocycles. The molecule has 3 aliphatic rings. The summed E-state index contributed by atoms with van der Waals surface area (Å²) in [7, 11) is 1.32. The summed E-state index contributed by atoms with van der Waals surface area (Å²) in [5.74, 6) is -0.469. The zero-order chi connectivity index (χ0) is 23.7. The third-order valence-electron chi connectivity index (χ3n) is 6.67. The third kappa shape index (κ3) is 4.34. The van der Waals surface area contributed by atoms with E-state index in [1.807, 2.05) is 42.5 Å². The van der Waals surface area contributed by atoms with Gasteiger partial charge in [0, 0.05) is 56.7 Å². The lowest BCUT2D eigenvalue weighted by atomic mass is 9.98. The Kier molecular flexibility index (Phi) is 6.17. The molecule has 0 aromatic heterocycles. The number of esters is 1. The summed E-state index contributed by atoms with van der Waals surface area (Å²) in [4.78, 5) is 35.7. The number of ether oxygens (including phenoxy) is 1. The van der Waals surface area contributed by atoms with Gasteiger partial charge in [0.15, 0.2) is 0 Å². The second-order valence-electron chi connectivity index (χ2n) is 8.83. The van der Waals surface area contributed by atoms with Crippen molar-refractivity contribution in [2.45, 2.75) is 19.1 Å². The second kappa shape index (κ2) is 9.40. The molecule has 8 nitrogen and oxygen atoms in total. The van der Waals surface area contributed by atoms with Crippen LogP contribution in [0.15, 0.2) is 59.8 Å². The molecule has 5 rings (SSSR count). The highest BCUT2D eigenvalue weighted by Gasteiger charge is 2.29. The lowest BCUT2D eigenvalue weighted by Crippen LogP contribution is -2.49. The van der Waals surface area contributed by atoms with Crippen LogP contribution in [0.25, 0.3) is 10.8 Å². The molecule has 1 atom stereocenters. The Labute approximate surface area is 198 Å². The van der Waals surface area contributed by atoms with Crippen LogP contribution in [-0.2, 0) is 16.1 Å². The fourth-order valence-corrected chi connectivity index (χ4v) is 4.84. The van der Waals surface area contributed by atoms with E-state index in [0.29, 0.717) is 19.5 Å². The van der Waals surface area contributed by atoms with Gasteiger partial charge in [-0.1, -0.05) is 30.3 Å². The van der Waals surface area contributed by atoms with Gasteiger partial charge in [0.25, 0.3) is 0 Å². The van der Waals surface area contributed by atoms with Crippen LogP contribution >= 0.6 is 0 Å². The lowest BCUT2D eigenvalue weighted by molar-refractivity contribution is -0.129. The molecule has 34 heavy (non-hydrogen) atoms. The number of nitrogens with zero attached hydrogens (tertiary/aromatic N) is 4. The molecule has 0 spiro atoms. The molecular formula is C26H28N4O4. The Hall–Kier alpha value is -3.49. The number of piperazine rings is 1. The van der Waals surface area contributed by atoms with E-state index in [4.69, 9.17) is 9.73 Å². The van der Waals surface area contributed by atoms with Crippen molar-refractivity contribution >= 4 is 28.4 Å². The van der Waals surface area contributed by atoms with Gasteiger partial charge in [-0.05, 0) is 29.0 Å². The summed E-state index contributed by atoms with van der Waals surface area (Å²) in [6.07, 6.45) is 7.65. The van der Waals surface area contributed by atoms with E-state index in [9.17, 15) is 14.7 Å². The van der Waals surface area contributed by atoms with Gasteiger partial charge in [0.05, 0.1) is 13.5 Å². The highest BCUT2D eigenvalue weighted by Crippen LogP contribution is 2.33. The van der Waals surface area contributed by atoms with Gasteiger partial charge in [-0.15, -0.1) is 0 Å². The predicted octanol–water partition coefficient (Wildman–Crippen LogP) is 2.53. The summed E-state index contributed by atoms with van der Waals surface area (Å²) >= 11 is 0. The summed E-state index contributed by atoms with van der Waals surface area (Å²) in [6, 6.07) is 9.44. The first kappa shape index (κ1) is 22.3. The molecule has 1 N–H and O–H groups in total. The highest BCUT2D eigenvalue weighted by atomic mass is 16.5. The number of hydrogen-bond acceptors (Lipinski definition) is 7. The first-order valence-electron chi connectivity index (χ1n) is 11.5. The SMILES string of the molecule is COC(=O)c1cc2ccccc2c(CN2CCN(CC3=NC4C=CC=CN4C(=O)C3)CC2)c1O. The molecule has 3 heterocycles. The van der Waals surface area contributed by atoms with Crippen LogP contribution in [0.2, 0.25) is 0 Å². The van der Waals surface area contributed by atoms with Gasteiger partial charge in [0.1, 0.15) is 17.5 Å². The number of carbonyl (C=O) groups excluding carboxylic acids is 2. The minimum absolute atomic E-state index is 0.0119. The van der Waals surface area contributed by atoms with Crippen molar-refractivity contribution in [3.63, 3.8) is 0 Å². The zero-order valence-electron chi connectivity index (χ0n) is 19.2. The molecule has 0 aliphatic carbocycles. The fourth-order valence-electron chi connectivity index (χ4n) is 4.84. The number of methoxy groups -OCH3 is 1. The van der Waals surface area contributed by atoms with Gasteiger partial charge >= 0.3 is 5.97 Å². The van der Waals surface area contributed by atoms with E-state index in [-0.39, 0.29) is 23.4 Å². The maximum Gasteiger partial charge on any atom is 0.341 e. The quantitative estimate of drug-likeness (QED) is 0.691. The summed E-state index contributed by atoms with van der Waals surface area (Å²) < 4.78 is 4.87. The van der Waals surface area contributed by atoms with Crippen molar-refractivity contribution in [2.24, 2.45) is 4.99 Å². The van der Waals surface area contributed by atoms with Gasteiger partial charge in [-0.3, -0.25) is 24.5 Å². The Balaban J connectivity index is 1.26. The third-order valence-corrected chi connectivity index (χ3v) is 6.67. The van der Waals surface area contributed by atoms with Crippen molar-refractivity contribution in [3.8, 4) is 5.75 Å². The average molecular weight is 461 g/mol. The molecule has 1 unspecified atom stereocenters. The van der Waals surface area contributed by atoms with Crippen molar-refractivity contribution in [1.29, 1.82) is 0 Å². The summed E-state index contributed by atoms with van der Waals surface area (Å²) in [5, 5.41) is 12.7. The number of aliphatic imine (C=N–C) groups is 1. The smallest absolute Gasteiger partial charge is 0.341 e. The number of hydrogen-bond donors (Lipinski definition) is 1. The maximum absolute atomic E-state index is 12.4. The van der Waals surface area contributed by atoms with Crippen LogP contribution < -0.4 is 0 Å². The Bertz CT molecular complexity index is 1210. The Morgan fingerprint density at radius 3 is 2.62 bits per heavy atom. The van der Waals surface area contributed by atoms with Crippen LogP contribution in [0.1, 0.15) is 22.3 Å². The number of fused-ring (bicyclic) bond motifs is 2. The molecule has 1 amide bonds. The van der Waals surface area contributed by atoms with E-state index in [0.717, 1.165) is 48.2 Å². The first-order valence-corrected chi connectivity index (χ1v) is 11.5. The van der Waals surface area contributed by atoms with E-state index >= 15 is 0 Å². The van der Waals surface area contributed by atoms with Crippen LogP contribution in [0.5, 0.6) is 5.75 Å². The van der Waals surface area contributed by atoms with Gasteiger partial charge < -0.3 is 9.84 Å². The van der Waals surface area contributed by atoms with Crippen LogP contribution in [0.3, 0.4) is 0 Å². The molecule has 2 aromatic rings. The number of allylic oxidation sites excluding steroid dienone is 2. The number of rotatable bonds is 5. The molecule has 176 valence electrons. The zero-order valence-corrected chi connectivity index (χ0v) is 19.2. The lowest BCUT2D eigenvalue weighted by Gasteiger charge is -2.37. The summed E-state index contributed by atoms with van der Waals surface area (Å²) in [5.41, 5.74) is 1.86.